The van der Waals surface area contributed by atoms with Gasteiger partial charge in [-0.1, -0.05) is 60.5 Å². The first kappa shape index (κ1) is 25.8. The van der Waals surface area contributed by atoms with Gasteiger partial charge in [-0.15, -0.1) is 11.8 Å². The first-order chi connectivity index (χ1) is 17.5. The molecule has 0 aromatic heterocycles. The third-order valence-corrected chi connectivity index (χ3v) is 7.81. The van der Waals surface area contributed by atoms with Crippen LogP contribution in [0.4, 0.5) is 4.79 Å². The van der Waals surface area contributed by atoms with Crippen molar-refractivity contribution in [3.05, 3.63) is 81.7 Å². The van der Waals surface area contributed by atoms with Crippen molar-refractivity contribution >= 4 is 41.2 Å². The maximum absolute atomic E-state index is 13.3. The average molecular weight is 523 g/mol. The summed E-state index contributed by atoms with van der Waals surface area (Å²) in [7, 11) is 0. The Hall–Kier alpha value is -3.28. The monoisotopic (exact) mass is 522 g/mol. The minimum Gasteiger partial charge on any atom is -0.352 e. The van der Waals surface area contributed by atoms with E-state index in [1.807, 2.05) is 41.8 Å². The van der Waals surface area contributed by atoms with Gasteiger partial charge in [-0.2, -0.15) is 5.26 Å². The molecule has 7 nitrogen and oxygen atoms in total. The van der Waals surface area contributed by atoms with E-state index in [0.717, 1.165) is 11.1 Å². The van der Waals surface area contributed by atoms with Gasteiger partial charge in [0, 0.05) is 31.1 Å². The molecule has 1 fully saturated rings. The van der Waals surface area contributed by atoms with Crippen LogP contribution < -0.4 is 5.32 Å². The number of nitriles is 1. The van der Waals surface area contributed by atoms with Crippen molar-refractivity contribution in [1.82, 2.24) is 15.1 Å². The molecule has 0 spiro atoms. The predicted molar refractivity (Wildman–Crippen MR) is 140 cm³/mol. The van der Waals surface area contributed by atoms with Crippen LogP contribution in [-0.4, -0.2) is 45.5 Å². The molecule has 2 atom stereocenters. The lowest BCUT2D eigenvalue weighted by molar-refractivity contribution is -0.131. The van der Waals surface area contributed by atoms with Crippen LogP contribution in [0, 0.1) is 11.3 Å². The fourth-order valence-corrected chi connectivity index (χ4v) is 5.65. The highest BCUT2D eigenvalue weighted by atomic mass is 35.5. The SMILES string of the molecule is N#Cc1ccccc1CN1C(=O)N(CCCCCC(=O)NCc2ccccc2Cl)C(=O)C2SC=CC21. The molecule has 1 saturated heterocycles. The number of rotatable bonds is 10. The third-order valence-electron chi connectivity index (χ3n) is 6.35. The van der Waals surface area contributed by atoms with Crippen LogP contribution >= 0.6 is 23.4 Å². The highest BCUT2D eigenvalue weighted by molar-refractivity contribution is 8.03. The Morgan fingerprint density at radius 3 is 2.58 bits per heavy atom. The molecule has 2 aliphatic rings. The number of nitrogens with one attached hydrogen (secondary N) is 1. The second kappa shape index (κ2) is 12.1. The molecule has 2 aliphatic heterocycles. The van der Waals surface area contributed by atoms with E-state index >= 15 is 0 Å². The predicted octanol–water partition coefficient (Wildman–Crippen LogP) is 4.85. The number of fused-ring (bicyclic) bond motifs is 1. The Morgan fingerprint density at radius 1 is 1.06 bits per heavy atom. The number of hydrogen-bond donors (Lipinski definition) is 1. The fraction of sp³-hybridized carbons (Fsp3) is 0.333. The molecule has 36 heavy (non-hydrogen) atoms. The zero-order valence-electron chi connectivity index (χ0n) is 19.7. The normalized spacial score (nSPS) is 18.8. The molecule has 4 rings (SSSR count). The molecule has 186 valence electrons. The number of carbonyl (C=O) groups excluding carboxylic acids is 3. The van der Waals surface area contributed by atoms with E-state index in [0.29, 0.717) is 49.4 Å². The van der Waals surface area contributed by atoms with Gasteiger partial charge in [-0.3, -0.25) is 14.5 Å². The zero-order chi connectivity index (χ0) is 25.5. The van der Waals surface area contributed by atoms with Crippen LogP contribution in [0.1, 0.15) is 42.4 Å². The highest BCUT2D eigenvalue weighted by Crippen LogP contribution is 2.35. The average Bonchev–Trinajstić information content (AvgIpc) is 3.38. The van der Waals surface area contributed by atoms with E-state index in [9.17, 15) is 19.6 Å². The van der Waals surface area contributed by atoms with Crippen LogP contribution in [-0.2, 0) is 22.7 Å². The smallest absolute Gasteiger partial charge is 0.327 e. The molecular formula is C27H27ClN4O3S. The van der Waals surface area contributed by atoms with Gasteiger partial charge in [0.15, 0.2) is 0 Å². The van der Waals surface area contributed by atoms with Crippen LogP contribution in [0.3, 0.4) is 0 Å². The summed E-state index contributed by atoms with van der Waals surface area (Å²) in [5, 5.41) is 14.4. The number of urea groups is 1. The summed E-state index contributed by atoms with van der Waals surface area (Å²) in [5.74, 6) is -0.235. The van der Waals surface area contributed by atoms with E-state index in [4.69, 9.17) is 11.6 Å². The van der Waals surface area contributed by atoms with Crippen LogP contribution in [0.25, 0.3) is 0 Å². The van der Waals surface area contributed by atoms with Crippen molar-refractivity contribution in [2.75, 3.05) is 6.54 Å². The molecule has 2 aromatic carbocycles. The van der Waals surface area contributed by atoms with E-state index in [1.54, 1.807) is 23.1 Å². The molecule has 0 bridgehead atoms. The molecule has 0 aliphatic carbocycles. The van der Waals surface area contributed by atoms with Gasteiger partial charge >= 0.3 is 6.03 Å². The number of halogens is 1. The van der Waals surface area contributed by atoms with Gasteiger partial charge in [0.1, 0.15) is 5.25 Å². The van der Waals surface area contributed by atoms with Crippen molar-refractivity contribution < 1.29 is 14.4 Å². The standard InChI is InChI=1S/C27H27ClN4O3S/c28-22-11-6-5-9-20(22)17-30-24(33)12-2-1-7-14-31-26(34)25-23(13-15-36-25)32(27(31)35)18-21-10-4-3-8-19(21)16-29/h3-6,8-11,13,15,23,25H,1-2,7,12,14,17-18H2,(H,30,33). The number of benzene rings is 2. The summed E-state index contributed by atoms with van der Waals surface area (Å²) in [6.07, 6.45) is 4.25. The minimum atomic E-state index is -0.368. The summed E-state index contributed by atoms with van der Waals surface area (Å²) < 4.78 is 0. The molecule has 2 heterocycles. The number of unbranched alkanes of at least 4 members (excludes halogenated alkanes) is 2. The first-order valence-electron chi connectivity index (χ1n) is 11.9. The number of thioether (sulfide) groups is 1. The van der Waals surface area contributed by atoms with Gasteiger partial charge in [-0.05, 0) is 41.5 Å². The molecule has 2 unspecified atom stereocenters. The van der Waals surface area contributed by atoms with E-state index in [-0.39, 0.29) is 35.7 Å². The summed E-state index contributed by atoms with van der Waals surface area (Å²) in [4.78, 5) is 41.6. The van der Waals surface area contributed by atoms with Crippen molar-refractivity contribution in [1.29, 1.82) is 5.26 Å². The summed E-state index contributed by atoms with van der Waals surface area (Å²) in [6.45, 7) is 0.956. The molecule has 0 radical (unpaired) electrons. The molecule has 9 heteroatoms. The van der Waals surface area contributed by atoms with Crippen LogP contribution in [0.2, 0.25) is 5.02 Å². The maximum Gasteiger partial charge on any atom is 0.327 e. The second-order valence-corrected chi connectivity index (χ2v) is 10.2. The van der Waals surface area contributed by atoms with Crippen LogP contribution in [0.15, 0.2) is 60.0 Å². The molecule has 1 N–H and O–H groups in total. The molecule has 2 aromatic rings. The molecular weight excluding hydrogens is 496 g/mol. The van der Waals surface area contributed by atoms with E-state index in [1.165, 1.54) is 16.7 Å². The zero-order valence-corrected chi connectivity index (χ0v) is 21.3. The molecule has 0 saturated carbocycles. The Morgan fingerprint density at radius 2 is 1.81 bits per heavy atom. The quantitative estimate of drug-likeness (QED) is 0.450. The number of carbonyl (C=O) groups is 3. The first-order valence-corrected chi connectivity index (χ1v) is 13.2. The summed E-state index contributed by atoms with van der Waals surface area (Å²) in [5.41, 5.74) is 2.15. The van der Waals surface area contributed by atoms with Gasteiger partial charge in [0.25, 0.3) is 0 Å². The number of hydrogen-bond acceptors (Lipinski definition) is 5. The molecule has 4 amide bonds. The van der Waals surface area contributed by atoms with Crippen LogP contribution in [0.5, 0.6) is 0 Å². The van der Waals surface area contributed by atoms with Gasteiger partial charge < -0.3 is 10.2 Å². The largest absolute Gasteiger partial charge is 0.352 e. The van der Waals surface area contributed by atoms with Gasteiger partial charge in [-0.25, -0.2) is 4.79 Å². The van der Waals surface area contributed by atoms with E-state index < -0.39 is 0 Å². The Balaban J connectivity index is 1.28. The Kier molecular flexibility index (Phi) is 8.68. The van der Waals surface area contributed by atoms with Crippen molar-refractivity contribution in [3.8, 4) is 6.07 Å². The Bertz CT molecular complexity index is 1210. The Labute approximate surface area is 220 Å². The highest BCUT2D eigenvalue weighted by Gasteiger charge is 2.46. The van der Waals surface area contributed by atoms with Crippen molar-refractivity contribution in [2.45, 2.75) is 50.1 Å². The third kappa shape index (κ3) is 5.92. The lowest BCUT2D eigenvalue weighted by Crippen LogP contribution is -2.61. The van der Waals surface area contributed by atoms with Gasteiger partial charge in [0.05, 0.1) is 17.7 Å². The summed E-state index contributed by atoms with van der Waals surface area (Å²) >= 11 is 7.54. The minimum absolute atomic E-state index is 0.0568. The van der Waals surface area contributed by atoms with Gasteiger partial charge in [0.2, 0.25) is 11.8 Å². The number of imide groups is 1. The number of nitrogens with zero attached hydrogens (tertiary/aromatic N) is 3. The lowest BCUT2D eigenvalue weighted by Gasteiger charge is -2.41. The number of amides is 4. The summed E-state index contributed by atoms with van der Waals surface area (Å²) in [6, 6.07) is 16.1. The lowest BCUT2D eigenvalue weighted by atomic mass is 10.0. The topological polar surface area (TPSA) is 93.5 Å². The fourth-order valence-electron chi connectivity index (χ4n) is 4.38. The maximum atomic E-state index is 13.3. The van der Waals surface area contributed by atoms with Crippen molar-refractivity contribution in [3.63, 3.8) is 0 Å². The van der Waals surface area contributed by atoms with Crippen molar-refractivity contribution in [2.24, 2.45) is 0 Å². The van der Waals surface area contributed by atoms with E-state index in [2.05, 4.69) is 11.4 Å². The second-order valence-electron chi connectivity index (χ2n) is 8.72.